The van der Waals surface area contributed by atoms with Crippen molar-refractivity contribution in [2.75, 3.05) is 25.6 Å². The van der Waals surface area contributed by atoms with E-state index in [-0.39, 0.29) is 5.91 Å². The summed E-state index contributed by atoms with van der Waals surface area (Å²) < 4.78 is 10.7. The van der Waals surface area contributed by atoms with Gasteiger partial charge in [-0.3, -0.25) is 9.78 Å². The number of carbonyl (C=O) groups is 1. The maximum Gasteiger partial charge on any atom is 0.232 e. The number of ether oxygens (including phenoxy) is 2. The van der Waals surface area contributed by atoms with E-state index in [2.05, 4.69) is 32.6 Å². The van der Waals surface area contributed by atoms with E-state index in [1.165, 1.54) is 11.3 Å². The molecule has 1 saturated heterocycles. The minimum Gasteiger partial charge on any atom is -0.381 e. The first-order valence-corrected chi connectivity index (χ1v) is 10.7. The molecule has 0 aliphatic carbocycles. The molecule has 1 fully saturated rings. The Morgan fingerprint density at radius 1 is 1.20 bits per heavy atom. The maximum atomic E-state index is 13.4. The number of carbonyl (C=O) groups excluding carboxylic acids is 1. The summed E-state index contributed by atoms with van der Waals surface area (Å²) in [5.74, 6) is -0.0353. The van der Waals surface area contributed by atoms with Crippen molar-refractivity contribution in [1.82, 2.24) is 15.2 Å². The third-order valence-electron chi connectivity index (χ3n) is 5.41. The van der Waals surface area contributed by atoms with Crippen LogP contribution in [0, 0.1) is 5.41 Å². The van der Waals surface area contributed by atoms with Gasteiger partial charge in [0.25, 0.3) is 0 Å². The molecular formula is C22H24N4O3S. The number of hydrogen-bond donors (Lipinski definition) is 1. The molecule has 1 aliphatic rings. The fourth-order valence-electron chi connectivity index (χ4n) is 3.80. The van der Waals surface area contributed by atoms with E-state index >= 15 is 0 Å². The Hall–Kier alpha value is -2.68. The molecule has 0 saturated carbocycles. The summed E-state index contributed by atoms with van der Waals surface area (Å²) in [7, 11) is 1.61. The molecule has 30 heavy (non-hydrogen) atoms. The lowest BCUT2D eigenvalue weighted by molar-refractivity contribution is -0.131. The first-order valence-electron chi connectivity index (χ1n) is 9.89. The van der Waals surface area contributed by atoms with Crippen LogP contribution in [0.2, 0.25) is 0 Å². The molecular weight excluding hydrogens is 400 g/mol. The van der Waals surface area contributed by atoms with Gasteiger partial charge in [0.2, 0.25) is 11.0 Å². The van der Waals surface area contributed by atoms with Crippen LogP contribution < -0.4 is 5.32 Å². The molecule has 0 spiro atoms. The highest BCUT2D eigenvalue weighted by Gasteiger charge is 2.41. The molecule has 156 valence electrons. The molecule has 1 aliphatic heterocycles. The van der Waals surface area contributed by atoms with Gasteiger partial charge in [-0.2, -0.15) is 0 Å². The zero-order valence-corrected chi connectivity index (χ0v) is 17.7. The predicted molar refractivity (Wildman–Crippen MR) is 115 cm³/mol. The van der Waals surface area contributed by atoms with Gasteiger partial charge < -0.3 is 14.8 Å². The summed E-state index contributed by atoms with van der Waals surface area (Å²) in [5, 5.41) is 12.4. The van der Waals surface area contributed by atoms with Crippen LogP contribution in [0.25, 0.3) is 11.1 Å². The second kappa shape index (κ2) is 9.42. The van der Waals surface area contributed by atoms with Crippen LogP contribution in [0.3, 0.4) is 0 Å². The molecule has 8 heteroatoms. The predicted octanol–water partition coefficient (Wildman–Crippen LogP) is 3.72. The third kappa shape index (κ3) is 4.56. The quantitative estimate of drug-likeness (QED) is 0.622. The maximum absolute atomic E-state index is 13.4. The van der Waals surface area contributed by atoms with Crippen molar-refractivity contribution in [3.63, 3.8) is 0 Å². The number of benzene rings is 1. The number of hydrogen-bond acceptors (Lipinski definition) is 7. The van der Waals surface area contributed by atoms with Gasteiger partial charge >= 0.3 is 0 Å². The van der Waals surface area contributed by atoms with E-state index < -0.39 is 5.41 Å². The minimum atomic E-state index is -0.566. The molecule has 1 aromatic carbocycles. The highest BCUT2D eigenvalue weighted by molar-refractivity contribution is 7.15. The van der Waals surface area contributed by atoms with Gasteiger partial charge in [-0.25, -0.2) is 0 Å². The average Bonchev–Trinajstić information content (AvgIpc) is 3.22. The van der Waals surface area contributed by atoms with Crippen LogP contribution in [0.4, 0.5) is 5.13 Å². The number of nitrogens with one attached hydrogen (secondary N) is 1. The third-order valence-corrected chi connectivity index (χ3v) is 6.22. The largest absolute Gasteiger partial charge is 0.381 e. The van der Waals surface area contributed by atoms with Gasteiger partial charge in [0.15, 0.2) is 0 Å². The van der Waals surface area contributed by atoms with Crippen LogP contribution in [-0.4, -0.2) is 41.4 Å². The Kier molecular flexibility index (Phi) is 6.47. The summed E-state index contributed by atoms with van der Waals surface area (Å²) in [6.45, 7) is 1.51. The number of rotatable bonds is 7. The standard InChI is InChI=1S/C22H24N4O3S/c1-28-15-19-25-26-21(30-19)24-20(27)22(8-11-29-12-9-22)13-16-5-2-3-7-18(16)17-6-4-10-23-14-17/h2-7,10,14H,8-9,11-13,15H2,1H3,(H,24,26,27). The van der Waals surface area contributed by atoms with Crippen molar-refractivity contribution >= 4 is 22.4 Å². The van der Waals surface area contributed by atoms with Crippen LogP contribution in [-0.2, 0) is 27.3 Å². The first-order chi connectivity index (χ1) is 14.7. The van der Waals surface area contributed by atoms with Gasteiger partial charge in [-0.05, 0) is 36.5 Å². The second-order valence-electron chi connectivity index (χ2n) is 7.36. The Labute approximate surface area is 179 Å². The molecule has 4 rings (SSSR count). The minimum absolute atomic E-state index is 0.0353. The van der Waals surface area contributed by atoms with Crippen molar-refractivity contribution in [2.45, 2.75) is 25.9 Å². The number of aromatic nitrogens is 3. The van der Waals surface area contributed by atoms with Crippen LogP contribution in [0.5, 0.6) is 0 Å². The summed E-state index contributed by atoms with van der Waals surface area (Å²) in [6.07, 6.45) is 5.55. The Bertz CT molecular complexity index is 987. The number of anilines is 1. The van der Waals surface area contributed by atoms with Gasteiger partial charge in [0.1, 0.15) is 11.6 Å². The topological polar surface area (TPSA) is 86.2 Å². The normalized spacial score (nSPS) is 15.6. The highest BCUT2D eigenvalue weighted by atomic mass is 32.1. The SMILES string of the molecule is COCc1nnc(NC(=O)C2(Cc3ccccc3-c3cccnc3)CCOCC2)s1. The van der Waals surface area contributed by atoms with E-state index in [0.717, 1.165) is 21.7 Å². The van der Waals surface area contributed by atoms with E-state index in [4.69, 9.17) is 9.47 Å². The van der Waals surface area contributed by atoms with Crippen LogP contribution in [0.1, 0.15) is 23.4 Å². The number of nitrogens with zero attached hydrogens (tertiary/aromatic N) is 3. The fraction of sp³-hybridized carbons (Fsp3) is 0.364. The summed E-state index contributed by atoms with van der Waals surface area (Å²) in [6, 6.07) is 12.2. The Morgan fingerprint density at radius 2 is 2.03 bits per heavy atom. The number of methoxy groups -OCH3 is 1. The number of amides is 1. The highest BCUT2D eigenvalue weighted by Crippen LogP contribution is 2.38. The fourth-order valence-corrected chi connectivity index (χ4v) is 4.51. The van der Waals surface area contributed by atoms with Crippen molar-refractivity contribution in [1.29, 1.82) is 0 Å². The average molecular weight is 425 g/mol. The van der Waals surface area contributed by atoms with Gasteiger partial charge in [0, 0.05) is 38.3 Å². The van der Waals surface area contributed by atoms with Gasteiger partial charge in [0.05, 0.1) is 5.41 Å². The van der Waals surface area contributed by atoms with Crippen molar-refractivity contribution in [2.24, 2.45) is 5.41 Å². The molecule has 3 aromatic rings. The Morgan fingerprint density at radius 3 is 2.80 bits per heavy atom. The molecule has 1 N–H and O–H groups in total. The van der Waals surface area contributed by atoms with Gasteiger partial charge in [-0.15, -0.1) is 10.2 Å². The monoisotopic (exact) mass is 424 g/mol. The smallest absolute Gasteiger partial charge is 0.232 e. The Balaban J connectivity index is 1.61. The van der Waals surface area contributed by atoms with E-state index in [9.17, 15) is 4.79 Å². The van der Waals surface area contributed by atoms with E-state index in [1.807, 2.05) is 30.5 Å². The van der Waals surface area contributed by atoms with Crippen LogP contribution in [0.15, 0.2) is 48.8 Å². The van der Waals surface area contributed by atoms with Gasteiger partial charge in [-0.1, -0.05) is 41.7 Å². The lowest BCUT2D eigenvalue weighted by Crippen LogP contribution is -2.42. The molecule has 2 aromatic heterocycles. The lowest BCUT2D eigenvalue weighted by Gasteiger charge is -2.36. The van der Waals surface area contributed by atoms with Crippen molar-refractivity contribution in [3.05, 3.63) is 59.4 Å². The lowest BCUT2D eigenvalue weighted by atomic mass is 9.73. The summed E-state index contributed by atoms with van der Waals surface area (Å²) >= 11 is 1.34. The van der Waals surface area contributed by atoms with E-state index in [0.29, 0.717) is 44.2 Å². The molecule has 0 bridgehead atoms. The zero-order valence-electron chi connectivity index (χ0n) is 16.8. The molecule has 0 radical (unpaired) electrons. The second-order valence-corrected chi connectivity index (χ2v) is 8.42. The molecule has 7 nitrogen and oxygen atoms in total. The zero-order chi connectivity index (χ0) is 20.8. The van der Waals surface area contributed by atoms with Crippen LogP contribution >= 0.6 is 11.3 Å². The number of pyridine rings is 1. The summed E-state index contributed by atoms with van der Waals surface area (Å²) in [4.78, 5) is 17.7. The molecule has 3 heterocycles. The van der Waals surface area contributed by atoms with E-state index in [1.54, 1.807) is 13.3 Å². The molecule has 0 unspecified atom stereocenters. The summed E-state index contributed by atoms with van der Waals surface area (Å²) in [5.41, 5.74) is 2.70. The first kappa shape index (κ1) is 20.6. The molecule has 0 atom stereocenters. The van der Waals surface area contributed by atoms with Crippen molar-refractivity contribution in [3.8, 4) is 11.1 Å². The van der Waals surface area contributed by atoms with Crippen molar-refractivity contribution < 1.29 is 14.3 Å². The molecule has 1 amide bonds.